The van der Waals surface area contributed by atoms with Crippen molar-refractivity contribution in [3.63, 3.8) is 0 Å². The number of halogens is 4. The van der Waals surface area contributed by atoms with Crippen molar-refractivity contribution in [2.24, 2.45) is 0 Å². The van der Waals surface area contributed by atoms with Crippen LogP contribution in [-0.2, 0) is 4.74 Å². The zero-order chi connectivity index (χ0) is 12.5. The summed E-state index contributed by atoms with van der Waals surface area (Å²) in [7, 11) is 0. The molecule has 0 radical (unpaired) electrons. The highest BCUT2D eigenvalue weighted by Gasteiger charge is 2.32. The van der Waals surface area contributed by atoms with E-state index in [0.717, 1.165) is 0 Å². The van der Waals surface area contributed by atoms with Crippen LogP contribution in [-0.4, -0.2) is 25.7 Å². The van der Waals surface area contributed by atoms with Gasteiger partial charge in [0, 0.05) is 0 Å². The van der Waals surface area contributed by atoms with E-state index in [1.807, 2.05) is 0 Å². The smallest absolute Gasteiger partial charge is 0.491 e. The molecule has 3 nitrogen and oxygen atoms in total. The average molecular weight is 313 g/mol. The van der Waals surface area contributed by atoms with Crippen LogP contribution < -0.4 is 9.47 Å². The molecule has 1 aliphatic heterocycles. The largest absolute Gasteiger partial charge is 0.573 e. The van der Waals surface area contributed by atoms with Gasteiger partial charge in [0.15, 0.2) is 0 Å². The summed E-state index contributed by atoms with van der Waals surface area (Å²) >= 11 is 2.99. The maximum Gasteiger partial charge on any atom is 0.573 e. The number of hydrogen-bond donors (Lipinski definition) is 0. The van der Waals surface area contributed by atoms with E-state index >= 15 is 0 Å². The molecule has 0 bridgehead atoms. The van der Waals surface area contributed by atoms with Gasteiger partial charge in [0.05, 0.1) is 11.1 Å². The van der Waals surface area contributed by atoms with Crippen LogP contribution in [0.4, 0.5) is 13.2 Å². The quantitative estimate of drug-likeness (QED) is 0.800. The van der Waals surface area contributed by atoms with Crippen LogP contribution >= 0.6 is 15.9 Å². The molecule has 0 saturated carbocycles. The van der Waals surface area contributed by atoms with E-state index in [-0.39, 0.29) is 16.3 Å². The molecule has 1 fully saturated rings. The maximum atomic E-state index is 12.0. The number of benzene rings is 1. The predicted molar refractivity (Wildman–Crippen MR) is 56.1 cm³/mol. The van der Waals surface area contributed by atoms with E-state index in [4.69, 9.17) is 9.47 Å². The van der Waals surface area contributed by atoms with Crippen molar-refractivity contribution in [3.05, 3.63) is 22.7 Å². The first-order valence-corrected chi connectivity index (χ1v) is 5.53. The lowest BCUT2D eigenvalue weighted by Gasteiger charge is -2.11. The SMILES string of the molecule is FC(F)(F)Oc1ccc(OCC2CO2)cc1Br. The summed E-state index contributed by atoms with van der Waals surface area (Å²) in [6.45, 7) is 1.06. The zero-order valence-electron chi connectivity index (χ0n) is 8.46. The van der Waals surface area contributed by atoms with E-state index < -0.39 is 6.36 Å². The molecule has 1 atom stereocenters. The Labute approximate surface area is 104 Å². The van der Waals surface area contributed by atoms with Crippen LogP contribution in [0.1, 0.15) is 0 Å². The molecule has 0 aromatic heterocycles. The van der Waals surface area contributed by atoms with Crippen LogP contribution in [0.25, 0.3) is 0 Å². The van der Waals surface area contributed by atoms with E-state index in [2.05, 4.69) is 20.7 Å². The minimum Gasteiger partial charge on any atom is -0.491 e. The highest BCUT2D eigenvalue weighted by atomic mass is 79.9. The van der Waals surface area contributed by atoms with Crippen molar-refractivity contribution in [2.75, 3.05) is 13.2 Å². The van der Waals surface area contributed by atoms with Gasteiger partial charge in [0.2, 0.25) is 0 Å². The van der Waals surface area contributed by atoms with Gasteiger partial charge in [-0.3, -0.25) is 0 Å². The van der Waals surface area contributed by atoms with Crippen molar-refractivity contribution in [1.82, 2.24) is 0 Å². The third-order valence-electron chi connectivity index (χ3n) is 1.97. The molecule has 0 N–H and O–H groups in total. The Hall–Kier alpha value is -0.950. The third kappa shape index (κ3) is 4.08. The Bertz CT molecular complexity index is 404. The molecule has 1 aliphatic rings. The van der Waals surface area contributed by atoms with Crippen LogP contribution in [0.15, 0.2) is 22.7 Å². The van der Waals surface area contributed by atoms with Crippen LogP contribution in [0.5, 0.6) is 11.5 Å². The predicted octanol–water partition coefficient (Wildman–Crippen LogP) is 3.13. The van der Waals surface area contributed by atoms with E-state index in [9.17, 15) is 13.2 Å². The van der Waals surface area contributed by atoms with Crippen molar-refractivity contribution in [1.29, 1.82) is 0 Å². The first-order chi connectivity index (χ1) is 7.94. The lowest BCUT2D eigenvalue weighted by atomic mass is 10.3. The van der Waals surface area contributed by atoms with Crippen LogP contribution in [0.3, 0.4) is 0 Å². The summed E-state index contributed by atoms with van der Waals surface area (Å²) in [4.78, 5) is 0. The minimum atomic E-state index is -4.70. The van der Waals surface area contributed by atoms with Crippen molar-refractivity contribution in [3.8, 4) is 11.5 Å². The molecule has 1 saturated heterocycles. The molecule has 7 heteroatoms. The molecule has 1 heterocycles. The Kier molecular flexibility index (Phi) is 3.48. The molecule has 94 valence electrons. The monoisotopic (exact) mass is 312 g/mol. The van der Waals surface area contributed by atoms with E-state index in [1.165, 1.54) is 18.2 Å². The zero-order valence-corrected chi connectivity index (χ0v) is 10.0. The maximum absolute atomic E-state index is 12.0. The Morgan fingerprint density at radius 1 is 1.41 bits per heavy atom. The second kappa shape index (κ2) is 4.73. The summed E-state index contributed by atoms with van der Waals surface area (Å²) in [6, 6.07) is 4.03. The molecule has 0 aliphatic carbocycles. The lowest BCUT2D eigenvalue weighted by molar-refractivity contribution is -0.274. The molecule has 0 spiro atoms. The Morgan fingerprint density at radius 2 is 2.12 bits per heavy atom. The van der Waals surface area contributed by atoms with Gasteiger partial charge in [0.25, 0.3) is 0 Å². The molecule has 1 aromatic rings. The van der Waals surface area contributed by atoms with Gasteiger partial charge >= 0.3 is 6.36 Å². The van der Waals surface area contributed by atoms with Gasteiger partial charge < -0.3 is 14.2 Å². The summed E-state index contributed by atoms with van der Waals surface area (Å²) in [5, 5.41) is 0. The van der Waals surface area contributed by atoms with Gasteiger partial charge in [-0.05, 0) is 34.1 Å². The normalized spacial score (nSPS) is 18.9. The first kappa shape index (κ1) is 12.5. The van der Waals surface area contributed by atoms with Gasteiger partial charge in [0.1, 0.15) is 24.2 Å². The highest BCUT2D eigenvalue weighted by molar-refractivity contribution is 9.10. The summed E-state index contributed by atoms with van der Waals surface area (Å²) in [5.41, 5.74) is 0. The molecule has 1 aromatic carbocycles. The standard InChI is InChI=1S/C10H8BrF3O3/c11-8-3-6(15-4-7-5-16-7)1-2-9(8)17-10(12,13)14/h1-3,7H,4-5H2. The van der Waals surface area contributed by atoms with E-state index in [1.54, 1.807) is 0 Å². The fraction of sp³-hybridized carbons (Fsp3) is 0.400. The van der Waals surface area contributed by atoms with Crippen molar-refractivity contribution < 1.29 is 27.4 Å². The number of rotatable bonds is 4. The van der Waals surface area contributed by atoms with Crippen molar-refractivity contribution in [2.45, 2.75) is 12.5 Å². The summed E-state index contributed by atoms with van der Waals surface area (Å²) in [5.74, 6) is 0.162. The van der Waals surface area contributed by atoms with Crippen LogP contribution in [0, 0.1) is 0 Å². The molecular weight excluding hydrogens is 305 g/mol. The second-order valence-corrected chi connectivity index (χ2v) is 4.26. The molecule has 1 unspecified atom stereocenters. The summed E-state index contributed by atoms with van der Waals surface area (Å²) < 4.78 is 50.2. The van der Waals surface area contributed by atoms with Crippen molar-refractivity contribution >= 4 is 15.9 Å². The fourth-order valence-electron chi connectivity index (χ4n) is 1.13. The molecular formula is C10H8BrF3O3. The Morgan fingerprint density at radius 3 is 2.65 bits per heavy atom. The summed E-state index contributed by atoms with van der Waals surface area (Å²) in [6.07, 6.45) is -4.60. The van der Waals surface area contributed by atoms with Gasteiger partial charge in [-0.2, -0.15) is 0 Å². The highest BCUT2D eigenvalue weighted by Crippen LogP contribution is 2.33. The van der Waals surface area contributed by atoms with Gasteiger partial charge in [-0.25, -0.2) is 0 Å². The lowest BCUT2D eigenvalue weighted by Crippen LogP contribution is -2.17. The molecule has 0 amide bonds. The second-order valence-electron chi connectivity index (χ2n) is 3.41. The van der Waals surface area contributed by atoms with Crippen LogP contribution in [0.2, 0.25) is 0 Å². The third-order valence-corrected chi connectivity index (χ3v) is 2.59. The topological polar surface area (TPSA) is 31.0 Å². The number of epoxide rings is 1. The average Bonchev–Trinajstić information content (AvgIpc) is 3.00. The fourth-order valence-corrected chi connectivity index (χ4v) is 1.57. The molecule has 2 rings (SSSR count). The van der Waals surface area contributed by atoms with E-state index in [0.29, 0.717) is 19.0 Å². The minimum absolute atomic E-state index is 0.0971. The number of hydrogen-bond acceptors (Lipinski definition) is 3. The molecule has 17 heavy (non-hydrogen) atoms. The number of alkyl halides is 3. The first-order valence-electron chi connectivity index (χ1n) is 4.74. The Balaban J connectivity index is 1.99. The van der Waals surface area contributed by atoms with Gasteiger partial charge in [-0.1, -0.05) is 0 Å². The van der Waals surface area contributed by atoms with Gasteiger partial charge in [-0.15, -0.1) is 13.2 Å². The number of ether oxygens (including phenoxy) is 3.